The van der Waals surface area contributed by atoms with E-state index in [4.69, 9.17) is 27.9 Å². The number of thioether (sulfide) groups is 1. The van der Waals surface area contributed by atoms with Crippen LogP contribution in [0.4, 0.5) is 0 Å². The third-order valence-corrected chi connectivity index (χ3v) is 5.14. The lowest BCUT2D eigenvalue weighted by molar-refractivity contribution is -0.131. The summed E-state index contributed by atoms with van der Waals surface area (Å²) in [5.41, 5.74) is 1.96. The molecule has 0 bridgehead atoms. The summed E-state index contributed by atoms with van der Waals surface area (Å²) in [5.74, 6) is 1.50. The van der Waals surface area contributed by atoms with Gasteiger partial charge in [0.05, 0.1) is 10.0 Å². The monoisotopic (exact) mass is 383 g/mol. The fourth-order valence-electron chi connectivity index (χ4n) is 2.18. The summed E-state index contributed by atoms with van der Waals surface area (Å²) in [6.07, 6.45) is -0.578. The average Bonchev–Trinajstić information content (AvgIpc) is 2.59. The number of amides is 1. The number of rotatable bonds is 8. The van der Waals surface area contributed by atoms with E-state index < -0.39 is 6.10 Å². The number of nitrogens with one attached hydrogen (secondary N) is 1. The van der Waals surface area contributed by atoms with Crippen molar-refractivity contribution in [3.8, 4) is 0 Å². The molecule has 0 unspecified atom stereocenters. The second-order valence-corrected chi connectivity index (χ2v) is 7.04. The molecule has 0 saturated heterocycles. The van der Waals surface area contributed by atoms with Crippen LogP contribution in [-0.4, -0.2) is 25.3 Å². The average molecular weight is 384 g/mol. The van der Waals surface area contributed by atoms with Crippen LogP contribution in [0.3, 0.4) is 0 Å². The van der Waals surface area contributed by atoms with Gasteiger partial charge in [-0.15, -0.1) is 0 Å². The van der Waals surface area contributed by atoms with Gasteiger partial charge in [-0.3, -0.25) is 4.79 Å². The highest BCUT2D eigenvalue weighted by Crippen LogP contribution is 2.24. The number of hydrogen-bond donors (Lipinski definition) is 1. The fourth-order valence-corrected chi connectivity index (χ4v) is 3.31. The topological polar surface area (TPSA) is 38.3 Å². The molecule has 0 spiro atoms. The lowest BCUT2D eigenvalue weighted by Crippen LogP contribution is -2.32. The third kappa shape index (κ3) is 5.71. The minimum absolute atomic E-state index is 0.126. The minimum atomic E-state index is -0.578. The first kappa shape index (κ1) is 19.1. The summed E-state index contributed by atoms with van der Waals surface area (Å²) in [6, 6.07) is 15.1. The Balaban J connectivity index is 1.73. The van der Waals surface area contributed by atoms with Crippen molar-refractivity contribution in [3.05, 3.63) is 69.7 Å². The molecule has 1 atom stereocenters. The van der Waals surface area contributed by atoms with Crippen LogP contribution < -0.4 is 5.32 Å². The van der Waals surface area contributed by atoms with Crippen molar-refractivity contribution in [1.82, 2.24) is 5.32 Å². The molecule has 0 aromatic heterocycles. The second kappa shape index (κ2) is 9.94. The van der Waals surface area contributed by atoms with Crippen LogP contribution in [0.5, 0.6) is 0 Å². The fraction of sp³-hybridized carbons (Fsp3) is 0.278. The van der Waals surface area contributed by atoms with Crippen LogP contribution >= 0.6 is 35.0 Å². The number of carbonyl (C=O) groups is 1. The van der Waals surface area contributed by atoms with Gasteiger partial charge in [-0.25, -0.2) is 0 Å². The van der Waals surface area contributed by atoms with Gasteiger partial charge in [0, 0.05) is 25.2 Å². The number of ether oxygens (including phenoxy) is 1. The van der Waals surface area contributed by atoms with E-state index >= 15 is 0 Å². The predicted molar refractivity (Wildman–Crippen MR) is 102 cm³/mol. The summed E-state index contributed by atoms with van der Waals surface area (Å²) >= 11 is 13.6. The number of carbonyl (C=O) groups excluding carboxylic acids is 1. The molecular weight excluding hydrogens is 365 g/mol. The van der Waals surface area contributed by atoms with Crippen molar-refractivity contribution >= 4 is 40.9 Å². The molecule has 2 aromatic rings. The quantitative estimate of drug-likeness (QED) is 0.669. The first-order valence-corrected chi connectivity index (χ1v) is 9.40. The van der Waals surface area contributed by atoms with Gasteiger partial charge in [0.15, 0.2) is 6.10 Å². The minimum Gasteiger partial charge on any atom is -0.367 e. The Morgan fingerprint density at radius 3 is 2.58 bits per heavy atom. The largest absolute Gasteiger partial charge is 0.367 e. The van der Waals surface area contributed by atoms with Crippen molar-refractivity contribution in [2.45, 2.75) is 11.9 Å². The summed E-state index contributed by atoms with van der Waals surface area (Å²) < 4.78 is 5.30. The molecule has 0 radical (unpaired) electrons. The second-order valence-electron chi connectivity index (χ2n) is 5.12. The third-order valence-electron chi connectivity index (χ3n) is 3.37. The zero-order valence-electron chi connectivity index (χ0n) is 13.3. The van der Waals surface area contributed by atoms with Crippen LogP contribution in [0.25, 0.3) is 0 Å². The summed E-state index contributed by atoms with van der Waals surface area (Å²) in [5, 5.41) is 4.03. The number of methoxy groups -OCH3 is 1. The summed E-state index contributed by atoms with van der Waals surface area (Å²) in [6.45, 7) is 0.581. The zero-order chi connectivity index (χ0) is 17.4. The molecule has 2 aromatic carbocycles. The molecular formula is C18H19Cl2NO2S. The molecule has 0 fully saturated rings. The van der Waals surface area contributed by atoms with E-state index in [0.717, 1.165) is 22.6 Å². The summed E-state index contributed by atoms with van der Waals surface area (Å²) in [7, 11) is 1.54. The molecule has 1 N–H and O–H groups in total. The normalized spacial score (nSPS) is 12.0. The Bertz CT molecular complexity index is 667. The Morgan fingerprint density at radius 2 is 1.92 bits per heavy atom. The zero-order valence-corrected chi connectivity index (χ0v) is 15.6. The predicted octanol–water partition coefficient (Wildman–Crippen LogP) is 4.73. The maximum Gasteiger partial charge on any atom is 0.253 e. The van der Waals surface area contributed by atoms with Crippen LogP contribution in [0, 0.1) is 0 Å². The Morgan fingerprint density at radius 1 is 1.17 bits per heavy atom. The lowest BCUT2D eigenvalue weighted by atomic mass is 10.1. The van der Waals surface area contributed by atoms with Crippen LogP contribution in [0.2, 0.25) is 10.0 Å². The van der Waals surface area contributed by atoms with E-state index in [1.807, 2.05) is 42.5 Å². The van der Waals surface area contributed by atoms with Gasteiger partial charge >= 0.3 is 0 Å². The summed E-state index contributed by atoms with van der Waals surface area (Å²) in [4.78, 5) is 12.2. The molecule has 24 heavy (non-hydrogen) atoms. The van der Waals surface area contributed by atoms with E-state index in [2.05, 4.69) is 5.32 Å². The van der Waals surface area contributed by atoms with Crippen molar-refractivity contribution in [2.24, 2.45) is 0 Å². The van der Waals surface area contributed by atoms with E-state index in [0.29, 0.717) is 16.6 Å². The van der Waals surface area contributed by atoms with Gasteiger partial charge in [-0.05, 0) is 23.3 Å². The number of benzene rings is 2. The van der Waals surface area contributed by atoms with Gasteiger partial charge in [-0.2, -0.15) is 11.8 Å². The molecule has 128 valence electrons. The van der Waals surface area contributed by atoms with Gasteiger partial charge in [0.1, 0.15) is 0 Å². The number of halogens is 2. The molecule has 0 aliphatic heterocycles. The van der Waals surface area contributed by atoms with Gasteiger partial charge in [0.25, 0.3) is 5.91 Å². The molecule has 0 aliphatic rings. The molecule has 3 nitrogen and oxygen atoms in total. The molecule has 0 saturated carbocycles. The highest BCUT2D eigenvalue weighted by molar-refractivity contribution is 7.98. The van der Waals surface area contributed by atoms with Crippen molar-refractivity contribution in [3.63, 3.8) is 0 Å². The van der Waals surface area contributed by atoms with E-state index in [1.165, 1.54) is 7.11 Å². The highest BCUT2D eigenvalue weighted by Gasteiger charge is 2.18. The number of hydrogen-bond acceptors (Lipinski definition) is 3. The standard InChI is InChI=1S/C18H19Cl2NO2S/c1-23-17(14-5-3-2-4-6-14)18(22)21-9-10-24-12-13-7-8-15(19)16(20)11-13/h2-8,11,17H,9-10,12H2,1H3,(H,21,22)/t17-/m0/s1. The van der Waals surface area contributed by atoms with Crippen LogP contribution in [0.15, 0.2) is 48.5 Å². The molecule has 0 aliphatic carbocycles. The molecule has 1 amide bonds. The van der Waals surface area contributed by atoms with Gasteiger partial charge in [-0.1, -0.05) is 59.6 Å². The maximum atomic E-state index is 12.2. The molecule has 6 heteroatoms. The SMILES string of the molecule is CO[C@H](C(=O)NCCSCc1ccc(Cl)c(Cl)c1)c1ccccc1. The highest BCUT2D eigenvalue weighted by atomic mass is 35.5. The van der Waals surface area contributed by atoms with Crippen molar-refractivity contribution in [1.29, 1.82) is 0 Å². The Kier molecular flexibility index (Phi) is 7.92. The molecule has 0 heterocycles. The first-order chi connectivity index (χ1) is 11.6. The van der Waals surface area contributed by atoms with E-state index in [1.54, 1.807) is 17.8 Å². The van der Waals surface area contributed by atoms with Crippen LogP contribution in [-0.2, 0) is 15.3 Å². The molecule has 2 rings (SSSR count). The van der Waals surface area contributed by atoms with Crippen LogP contribution in [0.1, 0.15) is 17.2 Å². The van der Waals surface area contributed by atoms with Crippen molar-refractivity contribution < 1.29 is 9.53 Å². The van der Waals surface area contributed by atoms with E-state index in [9.17, 15) is 4.79 Å². The maximum absolute atomic E-state index is 12.2. The smallest absolute Gasteiger partial charge is 0.253 e. The Labute approximate surface area is 156 Å². The van der Waals surface area contributed by atoms with Gasteiger partial charge in [0.2, 0.25) is 0 Å². The Hall–Kier alpha value is -1.20. The van der Waals surface area contributed by atoms with Crippen molar-refractivity contribution in [2.75, 3.05) is 19.4 Å². The first-order valence-electron chi connectivity index (χ1n) is 7.49. The van der Waals surface area contributed by atoms with E-state index in [-0.39, 0.29) is 5.91 Å². The van der Waals surface area contributed by atoms with Gasteiger partial charge < -0.3 is 10.1 Å². The lowest BCUT2D eigenvalue weighted by Gasteiger charge is -2.15.